The van der Waals surface area contributed by atoms with Crippen LogP contribution in [0, 0.1) is 3.57 Å². The number of carbonyl (C=O) groups is 1. The van der Waals surface area contributed by atoms with Gasteiger partial charge in [-0.05, 0) is 56.2 Å². The molecule has 1 aliphatic heterocycles. The number of rotatable bonds is 3. The van der Waals surface area contributed by atoms with Crippen molar-refractivity contribution >= 4 is 34.2 Å². The number of fused-ring (bicyclic) bond motifs is 1. The summed E-state index contributed by atoms with van der Waals surface area (Å²) in [4.78, 5) is 19.0. The Morgan fingerprint density at radius 3 is 2.68 bits per heavy atom. The van der Waals surface area contributed by atoms with Crippen LogP contribution in [-0.2, 0) is 11.8 Å². The van der Waals surface area contributed by atoms with Crippen molar-refractivity contribution < 1.29 is 14.3 Å². The Balaban J connectivity index is 1.54. The molecule has 1 aliphatic rings. The van der Waals surface area contributed by atoms with E-state index in [1.807, 2.05) is 40.2 Å². The molecule has 0 aromatic carbocycles. The van der Waals surface area contributed by atoms with Crippen molar-refractivity contribution in [1.82, 2.24) is 29.3 Å². The van der Waals surface area contributed by atoms with Gasteiger partial charge in [-0.25, -0.2) is 14.3 Å². The smallest absolute Gasteiger partial charge is 0.410 e. The first-order valence-corrected chi connectivity index (χ1v) is 11.4. The second-order valence-electron chi connectivity index (χ2n) is 8.76. The van der Waals surface area contributed by atoms with Crippen LogP contribution in [0.1, 0.15) is 40.0 Å². The molecule has 1 fully saturated rings. The fraction of sp³-hybridized carbons (Fsp3) is 0.524. The van der Waals surface area contributed by atoms with Gasteiger partial charge in [-0.1, -0.05) is 0 Å². The highest BCUT2D eigenvalue weighted by atomic mass is 127. The maximum atomic E-state index is 12.4. The molecular weight excluding hydrogens is 511 g/mol. The van der Waals surface area contributed by atoms with Gasteiger partial charge in [-0.3, -0.25) is 4.68 Å². The maximum Gasteiger partial charge on any atom is 0.410 e. The molecule has 31 heavy (non-hydrogen) atoms. The van der Waals surface area contributed by atoms with Gasteiger partial charge in [0, 0.05) is 38.3 Å². The topological polar surface area (TPSA) is 86.8 Å². The highest BCUT2D eigenvalue weighted by molar-refractivity contribution is 14.1. The van der Waals surface area contributed by atoms with Gasteiger partial charge in [-0.15, -0.1) is 0 Å². The van der Waals surface area contributed by atoms with Crippen LogP contribution < -0.4 is 4.74 Å². The molecular formula is C21H27IN6O3. The molecule has 3 aromatic heterocycles. The van der Waals surface area contributed by atoms with Crippen LogP contribution in [0.15, 0.2) is 24.8 Å². The van der Waals surface area contributed by atoms with E-state index in [1.54, 1.807) is 26.5 Å². The van der Waals surface area contributed by atoms with E-state index < -0.39 is 5.60 Å². The van der Waals surface area contributed by atoms with Crippen molar-refractivity contribution in [2.75, 3.05) is 13.1 Å². The van der Waals surface area contributed by atoms with E-state index in [9.17, 15) is 4.79 Å². The Labute approximate surface area is 194 Å². The molecule has 0 aliphatic carbocycles. The third kappa shape index (κ3) is 5.10. The van der Waals surface area contributed by atoms with Gasteiger partial charge >= 0.3 is 6.09 Å². The van der Waals surface area contributed by atoms with Gasteiger partial charge in [0.25, 0.3) is 0 Å². The van der Waals surface area contributed by atoms with Crippen LogP contribution in [0.3, 0.4) is 0 Å². The second-order valence-corrected chi connectivity index (χ2v) is 9.92. The van der Waals surface area contributed by atoms with Crippen molar-refractivity contribution in [3.8, 4) is 17.1 Å². The van der Waals surface area contributed by atoms with Gasteiger partial charge in [0.15, 0.2) is 0 Å². The first-order valence-electron chi connectivity index (χ1n) is 10.4. The predicted octanol–water partition coefficient (Wildman–Crippen LogP) is 3.90. The van der Waals surface area contributed by atoms with Gasteiger partial charge < -0.3 is 14.4 Å². The number of hydrogen-bond donors (Lipinski definition) is 0. The number of hydrogen-bond acceptors (Lipinski definition) is 6. The summed E-state index contributed by atoms with van der Waals surface area (Å²) in [5, 5.41) is 8.69. The highest BCUT2D eigenvalue weighted by Gasteiger charge is 2.27. The van der Waals surface area contributed by atoms with Gasteiger partial charge in [-0.2, -0.15) is 10.2 Å². The minimum Gasteiger partial charge on any atom is -0.473 e. The number of aryl methyl sites for hydroxylation is 1. The number of amides is 1. The second kappa shape index (κ2) is 8.64. The monoisotopic (exact) mass is 538 g/mol. The third-order valence-corrected chi connectivity index (χ3v) is 5.82. The summed E-state index contributed by atoms with van der Waals surface area (Å²) in [6.07, 6.45) is 9.47. The summed E-state index contributed by atoms with van der Waals surface area (Å²) in [6.45, 7) is 6.90. The lowest BCUT2D eigenvalue weighted by Gasteiger charge is -2.26. The van der Waals surface area contributed by atoms with Crippen LogP contribution in [0.2, 0.25) is 0 Å². The molecule has 10 heteroatoms. The zero-order chi connectivity index (χ0) is 22.2. The van der Waals surface area contributed by atoms with Crippen molar-refractivity contribution in [2.45, 2.75) is 51.7 Å². The fourth-order valence-corrected chi connectivity index (χ4v) is 4.17. The zero-order valence-corrected chi connectivity index (χ0v) is 20.4. The minimum absolute atomic E-state index is 0.0430. The quantitative estimate of drug-likeness (QED) is 0.471. The normalized spacial score (nSPS) is 17.6. The number of aromatic nitrogens is 5. The molecule has 0 N–H and O–H groups in total. The summed E-state index contributed by atoms with van der Waals surface area (Å²) >= 11 is 2.25. The molecule has 9 nitrogen and oxygen atoms in total. The number of likely N-dealkylation sites (tertiary alicyclic amines) is 1. The Morgan fingerprint density at radius 2 is 1.97 bits per heavy atom. The van der Waals surface area contributed by atoms with E-state index in [0.717, 1.165) is 39.6 Å². The number of nitrogens with zero attached hydrogens (tertiary/aromatic N) is 6. The van der Waals surface area contributed by atoms with E-state index in [4.69, 9.17) is 14.5 Å². The molecule has 4 rings (SSSR count). The largest absolute Gasteiger partial charge is 0.473 e. The molecule has 166 valence electrons. The SMILES string of the molecule is Cn1cc(-c2cn3ncc(I)c3c(O[C@@H]3CCCN(C(=O)OC(C)(C)C)CC3)n2)cn1. The molecule has 4 heterocycles. The van der Waals surface area contributed by atoms with Crippen molar-refractivity contribution in [3.63, 3.8) is 0 Å². The van der Waals surface area contributed by atoms with E-state index in [0.29, 0.717) is 19.0 Å². The standard InChI is InChI=1S/C21H27IN6O3/c1-21(2,3)31-20(29)27-8-5-6-15(7-9-27)30-19-18-16(22)11-24-28(18)13-17(25-19)14-10-23-26(4)12-14/h10-13,15H,5-9H2,1-4H3/t15-/m1/s1. The molecule has 0 saturated carbocycles. The van der Waals surface area contributed by atoms with E-state index in [-0.39, 0.29) is 12.2 Å². The molecule has 1 saturated heterocycles. The Morgan fingerprint density at radius 1 is 1.16 bits per heavy atom. The minimum atomic E-state index is -0.500. The molecule has 1 atom stereocenters. The number of ether oxygens (including phenoxy) is 2. The highest BCUT2D eigenvalue weighted by Crippen LogP contribution is 2.29. The molecule has 0 bridgehead atoms. The molecule has 0 spiro atoms. The first-order chi connectivity index (χ1) is 14.7. The Kier molecular flexibility index (Phi) is 6.09. The Bertz CT molecular complexity index is 1090. The molecule has 0 unspecified atom stereocenters. The summed E-state index contributed by atoms with van der Waals surface area (Å²) in [5.41, 5.74) is 2.00. The van der Waals surface area contributed by atoms with Crippen molar-refractivity contribution in [2.24, 2.45) is 7.05 Å². The van der Waals surface area contributed by atoms with E-state index in [2.05, 4.69) is 32.8 Å². The lowest BCUT2D eigenvalue weighted by Crippen LogP contribution is -2.37. The maximum absolute atomic E-state index is 12.4. The number of halogens is 1. The summed E-state index contributed by atoms with van der Waals surface area (Å²) in [5.74, 6) is 0.555. The van der Waals surface area contributed by atoms with Crippen LogP contribution >= 0.6 is 22.6 Å². The average Bonchev–Trinajstić information content (AvgIpc) is 3.20. The van der Waals surface area contributed by atoms with Crippen LogP contribution in [0.25, 0.3) is 16.8 Å². The van der Waals surface area contributed by atoms with Crippen LogP contribution in [0.5, 0.6) is 5.88 Å². The van der Waals surface area contributed by atoms with Gasteiger partial charge in [0.05, 0.1) is 27.9 Å². The summed E-state index contributed by atoms with van der Waals surface area (Å²) in [6, 6.07) is 0. The fourth-order valence-electron chi connectivity index (χ4n) is 3.57. The first kappa shape index (κ1) is 21.8. The molecule has 1 amide bonds. The average molecular weight is 538 g/mol. The lowest BCUT2D eigenvalue weighted by molar-refractivity contribution is 0.0252. The van der Waals surface area contributed by atoms with Gasteiger partial charge in [0.1, 0.15) is 17.2 Å². The van der Waals surface area contributed by atoms with E-state index >= 15 is 0 Å². The van der Waals surface area contributed by atoms with Gasteiger partial charge in [0.2, 0.25) is 5.88 Å². The van der Waals surface area contributed by atoms with E-state index in [1.165, 1.54) is 0 Å². The number of carbonyl (C=O) groups excluding carboxylic acids is 1. The third-order valence-electron chi connectivity index (χ3n) is 5.03. The van der Waals surface area contributed by atoms with Crippen LogP contribution in [-0.4, -0.2) is 60.2 Å². The summed E-state index contributed by atoms with van der Waals surface area (Å²) in [7, 11) is 1.87. The Hall–Kier alpha value is -2.37. The summed E-state index contributed by atoms with van der Waals surface area (Å²) < 4.78 is 16.4. The lowest BCUT2D eigenvalue weighted by atomic mass is 10.1. The van der Waals surface area contributed by atoms with Crippen LogP contribution in [0.4, 0.5) is 4.79 Å². The predicted molar refractivity (Wildman–Crippen MR) is 124 cm³/mol. The molecule has 0 radical (unpaired) electrons. The van der Waals surface area contributed by atoms with Crippen molar-refractivity contribution in [3.05, 3.63) is 28.4 Å². The molecule has 3 aromatic rings. The zero-order valence-electron chi connectivity index (χ0n) is 18.2. The van der Waals surface area contributed by atoms with Crippen molar-refractivity contribution in [1.29, 1.82) is 0 Å².